The van der Waals surface area contributed by atoms with Crippen LogP contribution in [0.5, 0.6) is 0 Å². The van der Waals surface area contributed by atoms with Crippen LogP contribution in [0, 0.1) is 0 Å². The normalized spacial score (nSPS) is 11.9. The number of thiazole rings is 3. The van der Waals surface area contributed by atoms with Crippen molar-refractivity contribution < 1.29 is 0 Å². The Hall–Kier alpha value is -6.87. The van der Waals surface area contributed by atoms with Gasteiger partial charge in [-0.05, 0) is 140 Å². The lowest BCUT2D eigenvalue weighted by Gasteiger charge is -2.19. The Labute approximate surface area is 372 Å². The van der Waals surface area contributed by atoms with Gasteiger partial charge >= 0.3 is 0 Å². The smallest absolute Gasteiger partial charge is 0.124 e. The van der Waals surface area contributed by atoms with Gasteiger partial charge in [-0.25, -0.2) is 15.0 Å². The Morgan fingerprint density at radius 3 is 1.03 bits per heavy atom. The maximum Gasteiger partial charge on any atom is 0.124 e. The highest BCUT2D eigenvalue weighted by molar-refractivity contribution is 7.23. The van der Waals surface area contributed by atoms with Crippen LogP contribution in [0.25, 0.3) is 127 Å². The van der Waals surface area contributed by atoms with Crippen LogP contribution < -0.4 is 0 Å². The Balaban J connectivity index is 1.08. The number of rotatable bonds is 6. The molecule has 13 rings (SSSR count). The number of fused-ring (bicyclic) bond motifs is 6. The zero-order chi connectivity index (χ0) is 40.7. The number of nitrogens with zero attached hydrogens (tertiary/aromatic N) is 3. The SMILES string of the molecule is c1ccc2sc(-c3cc(-c4nc5ccccc5s4)cc(-c4c5ccccc5c(-c5cc(-c6nc7ccccc7s6)cc(-c6nc7ccccc7s6)c5)c5ccccc45)c3)cc2c1. The number of para-hydroxylation sites is 3. The lowest BCUT2D eigenvalue weighted by Crippen LogP contribution is -1.93. The average Bonchev–Trinajstić information content (AvgIpc) is 4.15. The van der Waals surface area contributed by atoms with Gasteiger partial charge in [0.2, 0.25) is 0 Å². The van der Waals surface area contributed by atoms with Crippen LogP contribution >= 0.6 is 45.3 Å². The minimum absolute atomic E-state index is 1.00. The van der Waals surface area contributed by atoms with Crippen molar-refractivity contribution in [3.63, 3.8) is 0 Å². The second kappa shape index (κ2) is 14.4. The molecule has 0 bridgehead atoms. The van der Waals surface area contributed by atoms with Gasteiger partial charge < -0.3 is 0 Å². The molecule has 0 atom stereocenters. The van der Waals surface area contributed by atoms with E-state index in [0.29, 0.717) is 0 Å². The van der Waals surface area contributed by atoms with E-state index in [1.807, 2.05) is 11.3 Å². The molecule has 0 aliphatic heterocycles. The van der Waals surface area contributed by atoms with Crippen LogP contribution in [-0.4, -0.2) is 15.0 Å². The Kier molecular flexibility index (Phi) is 8.31. The fraction of sp³-hybridized carbons (Fsp3) is 0. The zero-order valence-corrected chi connectivity index (χ0v) is 36.1. The van der Waals surface area contributed by atoms with Gasteiger partial charge in [0.05, 0.1) is 30.6 Å². The van der Waals surface area contributed by atoms with Crippen LogP contribution in [0.1, 0.15) is 0 Å². The maximum absolute atomic E-state index is 5.18. The number of aromatic nitrogens is 3. The quantitative estimate of drug-likeness (QED) is 0.156. The van der Waals surface area contributed by atoms with Crippen molar-refractivity contribution in [3.8, 4) is 64.4 Å². The van der Waals surface area contributed by atoms with Gasteiger partial charge in [0, 0.05) is 26.3 Å². The molecule has 0 fully saturated rings. The summed E-state index contributed by atoms with van der Waals surface area (Å²) in [4.78, 5) is 16.8. The van der Waals surface area contributed by atoms with Gasteiger partial charge in [0.15, 0.2) is 0 Å². The van der Waals surface area contributed by atoms with Crippen molar-refractivity contribution in [1.29, 1.82) is 0 Å². The summed E-state index contributed by atoms with van der Waals surface area (Å²) in [5, 5.41) is 9.10. The maximum atomic E-state index is 5.18. The number of hydrogen-bond acceptors (Lipinski definition) is 7. The van der Waals surface area contributed by atoms with Crippen LogP contribution in [-0.2, 0) is 0 Å². The van der Waals surface area contributed by atoms with Crippen LogP contribution in [0.15, 0.2) is 188 Å². The molecule has 13 aromatic rings. The number of benzene rings is 9. The van der Waals surface area contributed by atoms with E-state index >= 15 is 0 Å². The first-order valence-corrected chi connectivity index (χ1v) is 23.7. The van der Waals surface area contributed by atoms with Crippen LogP contribution in [0.3, 0.4) is 0 Å². The summed E-state index contributed by atoms with van der Waals surface area (Å²) >= 11 is 7.08. The first kappa shape index (κ1) is 35.8. The summed E-state index contributed by atoms with van der Waals surface area (Å²) in [5.74, 6) is 0. The monoisotopic (exact) mass is 861 g/mol. The fourth-order valence-corrected chi connectivity index (χ4v) is 12.8. The second-order valence-electron chi connectivity index (χ2n) is 15.5. The first-order valence-electron chi connectivity index (χ1n) is 20.5. The first-order chi connectivity index (χ1) is 30.7. The summed E-state index contributed by atoms with van der Waals surface area (Å²) in [5.41, 5.74) is 12.3. The van der Waals surface area contributed by atoms with Gasteiger partial charge in [-0.3, -0.25) is 0 Å². The van der Waals surface area contributed by atoms with E-state index in [0.717, 1.165) is 53.8 Å². The van der Waals surface area contributed by atoms with Crippen molar-refractivity contribution in [2.75, 3.05) is 0 Å². The molecule has 4 aromatic heterocycles. The van der Waals surface area contributed by atoms with E-state index in [-0.39, 0.29) is 0 Å². The third kappa shape index (κ3) is 6.00. The lowest BCUT2D eigenvalue weighted by atomic mass is 9.84. The van der Waals surface area contributed by atoms with Gasteiger partial charge in [0.1, 0.15) is 15.0 Å². The van der Waals surface area contributed by atoms with Crippen molar-refractivity contribution >= 4 is 108 Å². The number of hydrogen-bond donors (Lipinski definition) is 0. The topological polar surface area (TPSA) is 38.7 Å². The third-order valence-corrected chi connectivity index (χ3v) is 16.1. The van der Waals surface area contributed by atoms with Crippen molar-refractivity contribution in [1.82, 2.24) is 15.0 Å². The molecule has 3 nitrogen and oxygen atoms in total. The highest BCUT2D eigenvalue weighted by Gasteiger charge is 2.21. The molecule has 0 amide bonds. The van der Waals surface area contributed by atoms with E-state index in [2.05, 4.69) is 188 Å². The van der Waals surface area contributed by atoms with E-state index in [1.165, 1.54) is 72.9 Å². The molecule has 0 N–H and O–H groups in total. The molecule has 290 valence electrons. The summed E-state index contributed by atoms with van der Waals surface area (Å²) in [7, 11) is 0. The van der Waals surface area contributed by atoms with Crippen LogP contribution in [0.4, 0.5) is 0 Å². The zero-order valence-electron chi connectivity index (χ0n) is 32.9. The summed E-state index contributed by atoms with van der Waals surface area (Å²) in [6.07, 6.45) is 0. The standard InChI is InChI=1S/C55H31N3S4/c1-9-21-46-32(13-1)31-50(59-46)33-25-34(27-36(26-33)53-56-43-18-6-10-22-47(43)60-53)51-39-14-2-4-16-41(39)52(42-17-5-3-15-40(42)51)35-28-37(54-57-44-19-7-11-23-48(44)61-54)30-38(29-35)55-58-45-20-8-12-24-49(45)62-55/h1-31H. The largest absolute Gasteiger partial charge is 0.236 e. The number of thiophene rings is 1. The van der Waals surface area contributed by atoms with Gasteiger partial charge in [-0.15, -0.1) is 45.3 Å². The van der Waals surface area contributed by atoms with Crippen LogP contribution in [0.2, 0.25) is 0 Å². The highest BCUT2D eigenvalue weighted by atomic mass is 32.1. The molecular formula is C55H31N3S4. The highest BCUT2D eigenvalue weighted by Crippen LogP contribution is 2.48. The molecule has 62 heavy (non-hydrogen) atoms. The molecule has 0 radical (unpaired) electrons. The molecule has 0 unspecified atom stereocenters. The molecule has 4 heterocycles. The van der Waals surface area contributed by atoms with Gasteiger partial charge in [0.25, 0.3) is 0 Å². The predicted molar refractivity (Wildman–Crippen MR) is 269 cm³/mol. The Bertz CT molecular complexity index is 3280. The molecule has 0 aliphatic rings. The van der Waals surface area contributed by atoms with Gasteiger partial charge in [-0.2, -0.15) is 0 Å². The molecular weight excluding hydrogens is 831 g/mol. The van der Waals surface area contributed by atoms with Crippen molar-refractivity contribution in [2.24, 2.45) is 0 Å². The molecule has 9 aromatic carbocycles. The molecule has 0 aliphatic carbocycles. The Morgan fingerprint density at radius 2 is 0.613 bits per heavy atom. The molecule has 0 spiro atoms. The van der Waals surface area contributed by atoms with E-state index in [4.69, 9.17) is 15.0 Å². The van der Waals surface area contributed by atoms with E-state index in [9.17, 15) is 0 Å². The second-order valence-corrected chi connectivity index (χ2v) is 19.7. The van der Waals surface area contributed by atoms with Gasteiger partial charge in [-0.1, -0.05) is 103 Å². The summed E-state index contributed by atoms with van der Waals surface area (Å²) < 4.78 is 4.83. The lowest BCUT2D eigenvalue weighted by molar-refractivity contribution is 1.45. The molecule has 0 saturated carbocycles. The van der Waals surface area contributed by atoms with E-state index in [1.54, 1.807) is 34.0 Å². The Morgan fingerprint density at radius 1 is 0.274 bits per heavy atom. The fourth-order valence-electron chi connectivity index (χ4n) is 8.92. The van der Waals surface area contributed by atoms with Crippen molar-refractivity contribution in [3.05, 3.63) is 188 Å². The molecule has 7 heteroatoms. The predicted octanol–water partition coefficient (Wildman–Crippen LogP) is 17.0. The minimum atomic E-state index is 1.00. The average molecular weight is 862 g/mol. The molecule has 0 saturated heterocycles. The minimum Gasteiger partial charge on any atom is -0.236 e. The van der Waals surface area contributed by atoms with Crippen molar-refractivity contribution in [2.45, 2.75) is 0 Å². The summed E-state index contributed by atoms with van der Waals surface area (Å²) in [6, 6.07) is 68.3. The summed E-state index contributed by atoms with van der Waals surface area (Å²) in [6.45, 7) is 0. The van der Waals surface area contributed by atoms with E-state index < -0.39 is 0 Å². The third-order valence-electron chi connectivity index (χ3n) is 11.7.